The molecule has 0 radical (unpaired) electrons. The Balaban J connectivity index is 2.28. The van der Waals surface area contributed by atoms with Crippen molar-refractivity contribution in [2.24, 2.45) is 0 Å². The van der Waals surface area contributed by atoms with E-state index in [4.69, 9.17) is 4.74 Å². The second-order valence-electron chi connectivity index (χ2n) is 5.11. The molecule has 2 rings (SSSR count). The second kappa shape index (κ2) is 6.71. The van der Waals surface area contributed by atoms with E-state index < -0.39 is 0 Å². The van der Waals surface area contributed by atoms with Gasteiger partial charge in [0, 0.05) is 0 Å². The minimum absolute atomic E-state index is 0.112. The molecule has 1 fully saturated rings. The standard InChI is InChI=1S/C16H23NO2/c1-3-19-16(18)15(17-11-7-4-8-12-17)14-10-6-5-9-13(14)2/h5-6,9-10,15H,3-4,7-8,11-12H2,1-2H3/t15-/m0/s1. The molecule has 1 heterocycles. The average molecular weight is 261 g/mol. The third-order valence-corrected chi connectivity index (χ3v) is 3.75. The first kappa shape index (κ1) is 14.1. The van der Waals surface area contributed by atoms with Crippen molar-refractivity contribution in [3.05, 3.63) is 35.4 Å². The van der Waals surface area contributed by atoms with Gasteiger partial charge < -0.3 is 4.74 Å². The molecule has 1 saturated heterocycles. The number of rotatable bonds is 4. The molecule has 104 valence electrons. The third-order valence-electron chi connectivity index (χ3n) is 3.75. The van der Waals surface area contributed by atoms with Crippen molar-refractivity contribution in [2.45, 2.75) is 39.2 Å². The number of likely N-dealkylation sites (tertiary alicyclic amines) is 1. The predicted molar refractivity (Wildman–Crippen MR) is 76.0 cm³/mol. The van der Waals surface area contributed by atoms with Crippen molar-refractivity contribution in [2.75, 3.05) is 19.7 Å². The Labute approximate surface area is 115 Å². The van der Waals surface area contributed by atoms with Crippen molar-refractivity contribution in [1.82, 2.24) is 4.90 Å². The Morgan fingerprint density at radius 3 is 2.58 bits per heavy atom. The highest BCUT2D eigenvalue weighted by molar-refractivity contribution is 5.78. The van der Waals surface area contributed by atoms with Gasteiger partial charge in [-0.1, -0.05) is 30.7 Å². The molecule has 0 N–H and O–H groups in total. The summed E-state index contributed by atoms with van der Waals surface area (Å²) >= 11 is 0. The lowest BCUT2D eigenvalue weighted by atomic mass is 9.98. The molecule has 0 spiro atoms. The lowest BCUT2D eigenvalue weighted by Crippen LogP contribution is -2.39. The van der Waals surface area contributed by atoms with Crippen LogP contribution in [0.5, 0.6) is 0 Å². The fourth-order valence-electron chi connectivity index (χ4n) is 2.76. The maximum Gasteiger partial charge on any atom is 0.328 e. The Bertz CT molecular complexity index is 425. The lowest BCUT2D eigenvalue weighted by molar-refractivity contribution is -0.150. The summed E-state index contributed by atoms with van der Waals surface area (Å²) in [5.74, 6) is -0.112. The number of nitrogens with zero attached hydrogens (tertiary/aromatic N) is 1. The second-order valence-corrected chi connectivity index (χ2v) is 5.11. The van der Waals surface area contributed by atoms with Crippen molar-refractivity contribution >= 4 is 5.97 Å². The number of carbonyl (C=O) groups is 1. The monoisotopic (exact) mass is 261 g/mol. The number of piperidine rings is 1. The normalized spacial score (nSPS) is 18.0. The van der Waals surface area contributed by atoms with Gasteiger partial charge in [0.2, 0.25) is 0 Å². The highest BCUT2D eigenvalue weighted by Gasteiger charge is 2.30. The van der Waals surface area contributed by atoms with Crippen molar-refractivity contribution in [3.8, 4) is 0 Å². The van der Waals surface area contributed by atoms with E-state index in [9.17, 15) is 4.79 Å². The van der Waals surface area contributed by atoms with Crippen LogP contribution in [0.25, 0.3) is 0 Å². The van der Waals surface area contributed by atoms with E-state index in [-0.39, 0.29) is 12.0 Å². The number of benzene rings is 1. The minimum atomic E-state index is -0.235. The van der Waals surface area contributed by atoms with Crippen molar-refractivity contribution < 1.29 is 9.53 Å². The Morgan fingerprint density at radius 1 is 1.26 bits per heavy atom. The molecular formula is C16H23NO2. The third kappa shape index (κ3) is 3.35. The fourth-order valence-corrected chi connectivity index (χ4v) is 2.76. The molecule has 0 aromatic heterocycles. The van der Waals surface area contributed by atoms with E-state index in [0.717, 1.165) is 24.2 Å². The molecular weight excluding hydrogens is 238 g/mol. The van der Waals surface area contributed by atoms with Gasteiger partial charge in [0.05, 0.1) is 6.61 Å². The number of aryl methyl sites for hydroxylation is 1. The molecule has 0 unspecified atom stereocenters. The van der Waals surface area contributed by atoms with Crippen molar-refractivity contribution in [3.63, 3.8) is 0 Å². The predicted octanol–water partition coefficient (Wildman–Crippen LogP) is 3.09. The van der Waals surface area contributed by atoms with E-state index >= 15 is 0 Å². The van der Waals surface area contributed by atoms with Crippen LogP contribution in [0.3, 0.4) is 0 Å². The van der Waals surface area contributed by atoms with Crippen LogP contribution in [0, 0.1) is 6.92 Å². The van der Waals surface area contributed by atoms with E-state index in [1.54, 1.807) is 0 Å². The molecule has 3 nitrogen and oxygen atoms in total. The summed E-state index contributed by atoms with van der Waals surface area (Å²) in [5.41, 5.74) is 2.24. The quantitative estimate of drug-likeness (QED) is 0.780. The first-order valence-electron chi connectivity index (χ1n) is 7.20. The number of carbonyl (C=O) groups excluding carboxylic acids is 1. The van der Waals surface area contributed by atoms with Gasteiger partial charge in [0.1, 0.15) is 6.04 Å². The summed E-state index contributed by atoms with van der Waals surface area (Å²) in [6, 6.07) is 7.88. The molecule has 1 aliphatic heterocycles. The van der Waals surface area contributed by atoms with E-state index in [0.29, 0.717) is 6.61 Å². The van der Waals surface area contributed by atoms with Crippen LogP contribution in [-0.2, 0) is 9.53 Å². The van der Waals surface area contributed by atoms with Crippen LogP contribution >= 0.6 is 0 Å². The molecule has 0 saturated carbocycles. The maximum atomic E-state index is 12.3. The summed E-state index contributed by atoms with van der Waals surface area (Å²) in [6.45, 7) is 6.33. The Kier molecular flexibility index (Phi) is 4.97. The topological polar surface area (TPSA) is 29.5 Å². The van der Waals surface area contributed by atoms with Crippen LogP contribution in [0.15, 0.2) is 24.3 Å². The molecule has 1 aromatic carbocycles. The first-order valence-corrected chi connectivity index (χ1v) is 7.20. The van der Waals surface area contributed by atoms with Gasteiger partial charge in [0.15, 0.2) is 0 Å². The largest absolute Gasteiger partial charge is 0.465 e. The zero-order valence-electron chi connectivity index (χ0n) is 11.9. The summed E-state index contributed by atoms with van der Waals surface area (Å²) in [5, 5.41) is 0. The maximum absolute atomic E-state index is 12.3. The first-order chi connectivity index (χ1) is 9.24. The minimum Gasteiger partial charge on any atom is -0.465 e. The number of hydrogen-bond acceptors (Lipinski definition) is 3. The summed E-state index contributed by atoms with van der Waals surface area (Å²) in [6.07, 6.45) is 3.60. The van der Waals surface area contributed by atoms with Crippen LogP contribution < -0.4 is 0 Å². The highest BCUT2D eigenvalue weighted by Crippen LogP contribution is 2.28. The molecule has 1 atom stereocenters. The molecule has 0 amide bonds. The van der Waals surface area contributed by atoms with E-state index in [1.165, 1.54) is 19.3 Å². The van der Waals surface area contributed by atoms with Crippen LogP contribution in [0.2, 0.25) is 0 Å². The van der Waals surface area contributed by atoms with Crippen LogP contribution in [-0.4, -0.2) is 30.6 Å². The lowest BCUT2D eigenvalue weighted by Gasteiger charge is -2.33. The molecule has 19 heavy (non-hydrogen) atoms. The zero-order chi connectivity index (χ0) is 13.7. The Hall–Kier alpha value is -1.35. The number of esters is 1. The van der Waals surface area contributed by atoms with Crippen LogP contribution in [0.4, 0.5) is 0 Å². The number of ether oxygens (including phenoxy) is 1. The molecule has 3 heteroatoms. The molecule has 0 bridgehead atoms. The zero-order valence-corrected chi connectivity index (χ0v) is 11.9. The van der Waals surface area contributed by atoms with E-state index in [2.05, 4.69) is 17.9 Å². The average Bonchev–Trinajstić information content (AvgIpc) is 2.43. The van der Waals surface area contributed by atoms with Crippen LogP contribution in [0.1, 0.15) is 43.4 Å². The van der Waals surface area contributed by atoms with Gasteiger partial charge in [-0.2, -0.15) is 0 Å². The SMILES string of the molecule is CCOC(=O)[C@H](c1ccccc1C)N1CCCCC1. The number of hydrogen-bond donors (Lipinski definition) is 0. The van der Waals surface area contributed by atoms with Gasteiger partial charge in [-0.05, 0) is 50.9 Å². The van der Waals surface area contributed by atoms with Crippen molar-refractivity contribution in [1.29, 1.82) is 0 Å². The van der Waals surface area contributed by atoms with E-state index in [1.807, 2.05) is 25.1 Å². The van der Waals surface area contributed by atoms with Gasteiger partial charge in [0.25, 0.3) is 0 Å². The molecule has 1 aromatic rings. The Morgan fingerprint density at radius 2 is 1.95 bits per heavy atom. The van der Waals surface area contributed by atoms with Gasteiger partial charge in [-0.25, -0.2) is 4.79 Å². The van der Waals surface area contributed by atoms with Gasteiger partial charge in [-0.3, -0.25) is 4.90 Å². The fraction of sp³-hybridized carbons (Fsp3) is 0.562. The molecule has 0 aliphatic carbocycles. The summed E-state index contributed by atoms with van der Waals surface area (Å²) < 4.78 is 5.29. The van der Waals surface area contributed by atoms with Gasteiger partial charge in [-0.15, -0.1) is 0 Å². The smallest absolute Gasteiger partial charge is 0.328 e. The van der Waals surface area contributed by atoms with Gasteiger partial charge >= 0.3 is 5.97 Å². The molecule has 1 aliphatic rings. The summed E-state index contributed by atoms with van der Waals surface area (Å²) in [4.78, 5) is 14.6. The highest BCUT2D eigenvalue weighted by atomic mass is 16.5. The summed E-state index contributed by atoms with van der Waals surface area (Å²) in [7, 11) is 0.